The van der Waals surface area contributed by atoms with E-state index in [1.54, 1.807) is 48.5 Å². The first kappa shape index (κ1) is 14.6. The van der Waals surface area contributed by atoms with Crippen LogP contribution in [0.3, 0.4) is 0 Å². The van der Waals surface area contributed by atoms with Crippen molar-refractivity contribution in [2.45, 2.75) is 0 Å². The van der Waals surface area contributed by atoms with Gasteiger partial charge in [-0.1, -0.05) is 23.2 Å². The summed E-state index contributed by atoms with van der Waals surface area (Å²) in [6.07, 6.45) is 0. The molecule has 110 valence electrons. The monoisotopic (exact) mass is 333 g/mol. The molecular weight excluding hydrogens is 325 g/mol. The molecule has 22 heavy (non-hydrogen) atoms. The molecule has 0 amide bonds. The Morgan fingerprint density at radius 1 is 0.955 bits per heavy atom. The lowest BCUT2D eigenvalue weighted by molar-refractivity contribution is 0.0683. The van der Waals surface area contributed by atoms with Crippen LogP contribution in [-0.2, 0) is 0 Å². The van der Waals surface area contributed by atoms with Crippen LogP contribution < -0.4 is 0 Å². The lowest BCUT2D eigenvalue weighted by atomic mass is 10.2. The summed E-state index contributed by atoms with van der Waals surface area (Å²) < 4.78 is 1.46. The van der Waals surface area contributed by atoms with E-state index in [0.717, 1.165) is 0 Å². The van der Waals surface area contributed by atoms with Crippen molar-refractivity contribution in [3.8, 4) is 17.1 Å². The van der Waals surface area contributed by atoms with E-state index in [-0.39, 0.29) is 5.82 Å². The molecule has 1 heterocycles. The molecule has 0 bridgehead atoms. The van der Waals surface area contributed by atoms with Crippen LogP contribution in [0.5, 0.6) is 0 Å². The first-order chi connectivity index (χ1) is 10.5. The summed E-state index contributed by atoms with van der Waals surface area (Å²) in [7, 11) is 0. The summed E-state index contributed by atoms with van der Waals surface area (Å²) >= 11 is 11.8. The van der Waals surface area contributed by atoms with Crippen molar-refractivity contribution in [2.75, 3.05) is 0 Å². The maximum Gasteiger partial charge on any atom is 0.375 e. The van der Waals surface area contributed by atoms with Gasteiger partial charge in [-0.05, 0) is 48.5 Å². The van der Waals surface area contributed by atoms with E-state index >= 15 is 0 Å². The Kier molecular flexibility index (Phi) is 3.83. The normalized spacial score (nSPS) is 10.6. The fourth-order valence-electron chi connectivity index (χ4n) is 1.95. The van der Waals surface area contributed by atoms with Gasteiger partial charge in [0.2, 0.25) is 0 Å². The molecule has 0 unspecified atom stereocenters. The van der Waals surface area contributed by atoms with Crippen LogP contribution in [0.25, 0.3) is 17.1 Å². The maximum absolute atomic E-state index is 11.2. The van der Waals surface area contributed by atoms with Gasteiger partial charge in [-0.3, -0.25) is 0 Å². The molecule has 1 aromatic heterocycles. The SMILES string of the molecule is O=C(O)c1nc(-c2ccc(Cl)cc2)n(-c2ccc(Cl)cc2)n1. The number of nitrogens with zero attached hydrogens (tertiary/aromatic N) is 3. The number of halogens is 2. The number of carboxylic acid groups (broad SMARTS) is 1. The van der Waals surface area contributed by atoms with E-state index in [1.807, 2.05) is 0 Å². The summed E-state index contributed by atoms with van der Waals surface area (Å²) in [5.41, 5.74) is 1.37. The molecule has 0 atom stereocenters. The molecule has 0 spiro atoms. The summed E-state index contributed by atoms with van der Waals surface area (Å²) in [6, 6.07) is 13.8. The topological polar surface area (TPSA) is 68.0 Å². The predicted octanol–water partition coefficient (Wildman–Crippen LogP) is 3.94. The van der Waals surface area contributed by atoms with Crippen molar-refractivity contribution in [1.82, 2.24) is 14.8 Å². The quantitative estimate of drug-likeness (QED) is 0.788. The van der Waals surface area contributed by atoms with Gasteiger partial charge in [0.15, 0.2) is 5.82 Å². The average Bonchev–Trinajstić information content (AvgIpc) is 2.94. The molecule has 2 aromatic carbocycles. The highest BCUT2D eigenvalue weighted by Crippen LogP contribution is 2.23. The van der Waals surface area contributed by atoms with Gasteiger partial charge in [-0.15, -0.1) is 5.10 Å². The van der Waals surface area contributed by atoms with Gasteiger partial charge >= 0.3 is 5.97 Å². The molecule has 0 fully saturated rings. The number of hydrogen-bond donors (Lipinski definition) is 1. The van der Waals surface area contributed by atoms with Crippen molar-refractivity contribution in [2.24, 2.45) is 0 Å². The maximum atomic E-state index is 11.2. The van der Waals surface area contributed by atoms with Gasteiger partial charge in [-0.2, -0.15) is 0 Å². The van der Waals surface area contributed by atoms with Crippen LogP contribution in [0.2, 0.25) is 10.0 Å². The van der Waals surface area contributed by atoms with Crippen LogP contribution in [0, 0.1) is 0 Å². The average molecular weight is 334 g/mol. The zero-order chi connectivity index (χ0) is 15.7. The fraction of sp³-hybridized carbons (Fsp3) is 0. The molecule has 5 nitrogen and oxygen atoms in total. The standard InChI is InChI=1S/C15H9Cl2N3O2/c16-10-3-1-9(2-4-10)14-18-13(15(21)22)19-20(14)12-7-5-11(17)6-8-12/h1-8H,(H,21,22). The molecule has 0 saturated heterocycles. The number of benzene rings is 2. The lowest BCUT2D eigenvalue weighted by Crippen LogP contribution is -2.02. The fourth-order valence-corrected chi connectivity index (χ4v) is 2.20. The van der Waals surface area contributed by atoms with Crippen molar-refractivity contribution in [3.63, 3.8) is 0 Å². The van der Waals surface area contributed by atoms with Crippen LogP contribution in [0.15, 0.2) is 48.5 Å². The predicted molar refractivity (Wildman–Crippen MR) is 83.8 cm³/mol. The van der Waals surface area contributed by atoms with E-state index < -0.39 is 5.97 Å². The molecule has 3 rings (SSSR count). The summed E-state index contributed by atoms with van der Waals surface area (Å²) in [5.74, 6) is -1.06. The minimum Gasteiger partial charge on any atom is -0.475 e. The number of carboxylic acids is 1. The molecule has 0 aliphatic carbocycles. The Bertz CT molecular complexity index is 764. The Morgan fingerprint density at radius 2 is 1.50 bits per heavy atom. The van der Waals surface area contributed by atoms with E-state index in [2.05, 4.69) is 10.1 Å². The second kappa shape index (κ2) is 5.79. The lowest BCUT2D eigenvalue weighted by Gasteiger charge is -2.06. The van der Waals surface area contributed by atoms with Gasteiger partial charge in [0.1, 0.15) is 0 Å². The first-order valence-electron chi connectivity index (χ1n) is 6.27. The molecule has 0 aliphatic heterocycles. The van der Waals surface area contributed by atoms with E-state index in [0.29, 0.717) is 27.1 Å². The smallest absolute Gasteiger partial charge is 0.375 e. The number of carbonyl (C=O) groups is 1. The number of rotatable bonds is 3. The van der Waals surface area contributed by atoms with Crippen LogP contribution in [-0.4, -0.2) is 25.8 Å². The van der Waals surface area contributed by atoms with Crippen molar-refractivity contribution in [1.29, 1.82) is 0 Å². The zero-order valence-corrected chi connectivity index (χ0v) is 12.6. The second-order valence-electron chi connectivity index (χ2n) is 4.46. The van der Waals surface area contributed by atoms with Crippen molar-refractivity contribution >= 4 is 29.2 Å². The minimum atomic E-state index is -1.19. The largest absolute Gasteiger partial charge is 0.475 e. The Labute approximate surface area is 135 Å². The molecule has 0 radical (unpaired) electrons. The Hall–Kier alpha value is -2.37. The Balaban J connectivity index is 2.17. The van der Waals surface area contributed by atoms with Gasteiger partial charge in [-0.25, -0.2) is 14.5 Å². The van der Waals surface area contributed by atoms with Gasteiger partial charge in [0.05, 0.1) is 5.69 Å². The third-order valence-electron chi connectivity index (χ3n) is 2.97. The summed E-state index contributed by atoms with van der Waals surface area (Å²) in [4.78, 5) is 15.2. The van der Waals surface area contributed by atoms with Crippen molar-refractivity contribution < 1.29 is 9.90 Å². The van der Waals surface area contributed by atoms with Gasteiger partial charge < -0.3 is 5.11 Å². The highest BCUT2D eigenvalue weighted by molar-refractivity contribution is 6.30. The number of aromatic nitrogens is 3. The second-order valence-corrected chi connectivity index (χ2v) is 5.33. The molecule has 0 saturated carbocycles. The molecular formula is C15H9Cl2N3O2. The molecule has 3 aromatic rings. The van der Waals surface area contributed by atoms with Gasteiger partial charge in [0, 0.05) is 15.6 Å². The van der Waals surface area contributed by atoms with Crippen molar-refractivity contribution in [3.05, 3.63) is 64.4 Å². The summed E-state index contributed by atoms with van der Waals surface area (Å²) in [6.45, 7) is 0. The minimum absolute atomic E-state index is 0.278. The third-order valence-corrected chi connectivity index (χ3v) is 3.48. The summed E-state index contributed by atoms with van der Waals surface area (Å²) in [5, 5.41) is 14.3. The van der Waals surface area contributed by atoms with Crippen LogP contribution in [0.1, 0.15) is 10.6 Å². The Morgan fingerprint density at radius 3 is 2.05 bits per heavy atom. The molecule has 0 aliphatic rings. The van der Waals surface area contributed by atoms with Crippen LogP contribution in [0.4, 0.5) is 0 Å². The third kappa shape index (κ3) is 2.81. The highest BCUT2D eigenvalue weighted by Gasteiger charge is 2.17. The zero-order valence-electron chi connectivity index (χ0n) is 11.1. The van der Waals surface area contributed by atoms with E-state index in [1.165, 1.54) is 4.68 Å². The first-order valence-corrected chi connectivity index (χ1v) is 7.02. The van der Waals surface area contributed by atoms with E-state index in [4.69, 9.17) is 28.3 Å². The molecule has 1 N–H and O–H groups in total. The molecule has 7 heteroatoms. The van der Waals surface area contributed by atoms with E-state index in [9.17, 15) is 4.79 Å². The van der Waals surface area contributed by atoms with Crippen LogP contribution >= 0.6 is 23.2 Å². The van der Waals surface area contributed by atoms with Gasteiger partial charge in [0.25, 0.3) is 5.82 Å². The number of aromatic carboxylic acids is 1. The highest BCUT2D eigenvalue weighted by atomic mass is 35.5. The number of hydrogen-bond acceptors (Lipinski definition) is 3.